The molecule has 0 aromatic carbocycles. The van der Waals surface area contributed by atoms with Crippen LogP contribution >= 0.6 is 7.37 Å². The Labute approximate surface area is 102 Å². The quantitative estimate of drug-likeness (QED) is 0.266. The van der Waals surface area contributed by atoms with E-state index in [0.717, 1.165) is 0 Å². The highest BCUT2D eigenvalue weighted by Gasteiger charge is 2.14. The van der Waals surface area contributed by atoms with E-state index in [1.54, 1.807) is 0 Å². The Bertz CT molecular complexity index is 396. The Morgan fingerprint density at radius 2 is 2.00 bits per heavy atom. The zero-order valence-corrected chi connectivity index (χ0v) is 11.6. The minimum atomic E-state index is -3.63. The van der Waals surface area contributed by atoms with E-state index in [9.17, 15) is 13.0 Å². The monoisotopic (exact) mass is 284 g/mol. The van der Waals surface area contributed by atoms with Crippen LogP contribution in [-0.4, -0.2) is 53.9 Å². The third-order valence-electron chi connectivity index (χ3n) is 1.83. The first kappa shape index (κ1) is 16.6. The van der Waals surface area contributed by atoms with Gasteiger partial charge in [-0.2, -0.15) is 8.42 Å². The fourth-order valence-electron chi connectivity index (χ4n) is 0.767. The molecule has 6 nitrogen and oxygen atoms in total. The maximum atomic E-state index is 11.4. The summed E-state index contributed by atoms with van der Waals surface area (Å²) >= 11 is 0. The van der Waals surface area contributed by atoms with Crippen molar-refractivity contribution in [3.8, 4) is 12.3 Å². The van der Waals surface area contributed by atoms with Gasteiger partial charge in [0.05, 0.1) is 19.0 Å². The predicted molar refractivity (Wildman–Crippen MR) is 64.8 cm³/mol. The van der Waals surface area contributed by atoms with Gasteiger partial charge in [-0.3, -0.25) is 8.75 Å². The molecular weight excluding hydrogens is 267 g/mol. The van der Waals surface area contributed by atoms with Gasteiger partial charge in [-0.25, -0.2) is 0 Å². The molecule has 0 aromatic heterocycles. The summed E-state index contributed by atoms with van der Waals surface area (Å²) in [6.45, 7) is 1.35. The molecule has 0 N–H and O–H groups in total. The first-order chi connectivity index (χ1) is 7.83. The van der Waals surface area contributed by atoms with Crippen LogP contribution < -0.4 is 0 Å². The molecule has 0 heterocycles. The molecule has 0 aromatic rings. The highest BCUT2D eigenvalue weighted by atomic mass is 32.2. The van der Waals surface area contributed by atoms with Crippen LogP contribution in [0.4, 0.5) is 0 Å². The molecule has 1 unspecified atom stereocenters. The summed E-state index contributed by atoms with van der Waals surface area (Å²) < 4.78 is 47.9. The van der Waals surface area contributed by atoms with Gasteiger partial charge in [-0.1, -0.05) is 5.92 Å². The fraction of sp³-hybridized carbons (Fsp3) is 0.778. The van der Waals surface area contributed by atoms with Crippen molar-refractivity contribution in [1.82, 2.24) is 0 Å². The molecule has 0 rings (SSSR count). The predicted octanol–water partition coefficient (Wildman–Crippen LogP) is 0.537. The van der Waals surface area contributed by atoms with Crippen molar-refractivity contribution in [2.75, 3.05) is 45.5 Å². The SMILES string of the molecule is C#CCOS(=O)(=O)CCOCCP(C)(=O)OC. The molecule has 0 aliphatic carbocycles. The summed E-state index contributed by atoms with van der Waals surface area (Å²) in [7, 11) is -4.88. The van der Waals surface area contributed by atoms with Gasteiger partial charge in [0.2, 0.25) is 7.37 Å². The Balaban J connectivity index is 3.72. The fourth-order valence-corrected chi connectivity index (χ4v) is 2.10. The molecule has 0 aliphatic heterocycles. The summed E-state index contributed by atoms with van der Waals surface area (Å²) in [6, 6.07) is 0. The summed E-state index contributed by atoms with van der Waals surface area (Å²) in [4.78, 5) is 0. The number of rotatable bonds is 9. The Hall–Kier alpha value is -0.380. The maximum Gasteiger partial charge on any atom is 0.270 e. The van der Waals surface area contributed by atoms with Gasteiger partial charge in [0, 0.05) is 19.9 Å². The van der Waals surface area contributed by atoms with Crippen molar-refractivity contribution in [2.24, 2.45) is 0 Å². The molecule has 8 heteroatoms. The highest BCUT2D eigenvalue weighted by molar-refractivity contribution is 7.86. The van der Waals surface area contributed by atoms with Gasteiger partial charge in [-0.05, 0) is 0 Å². The van der Waals surface area contributed by atoms with Gasteiger partial charge >= 0.3 is 0 Å². The van der Waals surface area contributed by atoms with Crippen molar-refractivity contribution < 1.29 is 26.4 Å². The second-order valence-electron chi connectivity index (χ2n) is 3.26. The first-order valence-electron chi connectivity index (χ1n) is 4.83. The van der Waals surface area contributed by atoms with Gasteiger partial charge in [0.25, 0.3) is 10.1 Å². The van der Waals surface area contributed by atoms with Crippen LogP contribution in [0.3, 0.4) is 0 Å². The third-order valence-corrected chi connectivity index (χ3v) is 4.74. The Morgan fingerprint density at radius 3 is 2.53 bits per heavy atom. The van der Waals surface area contributed by atoms with Gasteiger partial charge < -0.3 is 9.26 Å². The molecular formula is C9H17O6PS. The summed E-state index contributed by atoms with van der Waals surface area (Å²) in [5.74, 6) is 1.78. The van der Waals surface area contributed by atoms with Crippen molar-refractivity contribution in [1.29, 1.82) is 0 Å². The van der Waals surface area contributed by atoms with Gasteiger partial charge in [-0.15, -0.1) is 6.42 Å². The van der Waals surface area contributed by atoms with Crippen molar-refractivity contribution in [3.05, 3.63) is 0 Å². The average molecular weight is 284 g/mol. The van der Waals surface area contributed by atoms with Crippen molar-refractivity contribution >= 4 is 17.5 Å². The van der Waals surface area contributed by atoms with E-state index < -0.39 is 17.5 Å². The second-order valence-corrected chi connectivity index (χ2v) is 7.86. The van der Waals surface area contributed by atoms with Crippen LogP contribution in [0.5, 0.6) is 0 Å². The lowest BCUT2D eigenvalue weighted by molar-refractivity contribution is 0.160. The standard InChI is InChI=1S/C9H17O6PS/c1-4-5-15-17(11,12)9-7-14-6-8-16(3,10)13-2/h1H,5-9H2,2-3H3. The molecule has 0 saturated carbocycles. The molecule has 17 heavy (non-hydrogen) atoms. The lowest BCUT2D eigenvalue weighted by atomic mass is 10.8. The third kappa shape index (κ3) is 9.33. The molecule has 0 radical (unpaired) electrons. The van der Waals surface area contributed by atoms with Gasteiger partial charge in [0.1, 0.15) is 6.61 Å². The van der Waals surface area contributed by atoms with Crippen LogP contribution in [-0.2, 0) is 28.1 Å². The first-order valence-corrected chi connectivity index (χ1v) is 8.67. The molecule has 0 spiro atoms. The molecule has 1 atom stereocenters. The smallest absolute Gasteiger partial charge is 0.270 e. The van der Waals surface area contributed by atoms with Gasteiger partial charge in [0.15, 0.2) is 0 Å². The number of ether oxygens (including phenoxy) is 1. The number of terminal acetylenes is 1. The van der Waals surface area contributed by atoms with Crippen LogP contribution in [0.1, 0.15) is 0 Å². The van der Waals surface area contributed by atoms with E-state index in [2.05, 4.69) is 10.1 Å². The lowest BCUT2D eigenvalue weighted by Crippen LogP contribution is -2.16. The van der Waals surface area contributed by atoms with Crippen molar-refractivity contribution in [3.63, 3.8) is 0 Å². The molecule has 0 amide bonds. The van der Waals surface area contributed by atoms with Crippen LogP contribution in [0, 0.1) is 12.3 Å². The summed E-state index contributed by atoms with van der Waals surface area (Å²) in [5, 5.41) is 0. The summed E-state index contributed by atoms with van der Waals surface area (Å²) in [5.41, 5.74) is 0. The number of hydrogen-bond acceptors (Lipinski definition) is 6. The van der Waals surface area contributed by atoms with E-state index in [1.165, 1.54) is 13.8 Å². The van der Waals surface area contributed by atoms with Crippen molar-refractivity contribution in [2.45, 2.75) is 0 Å². The zero-order valence-electron chi connectivity index (χ0n) is 9.92. The Kier molecular flexibility index (Phi) is 7.68. The number of hydrogen-bond donors (Lipinski definition) is 0. The van der Waals surface area contributed by atoms with E-state index >= 15 is 0 Å². The van der Waals surface area contributed by atoms with E-state index in [1.807, 2.05) is 0 Å². The summed E-state index contributed by atoms with van der Waals surface area (Å²) in [6.07, 6.45) is 5.10. The largest absolute Gasteiger partial charge is 0.380 e. The topological polar surface area (TPSA) is 78.9 Å². The molecule has 0 saturated heterocycles. The van der Waals surface area contributed by atoms with E-state index in [0.29, 0.717) is 0 Å². The van der Waals surface area contributed by atoms with Crippen LogP contribution in [0.2, 0.25) is 0 Å². The molecule has 0 bridgehead atoms. The maximum absolute atomic E-state index is 11.4. The zero-order chi connectivity index (χ0) is 13.4. The average Bonchev–Trinajstić information content (AvgIpc) is 2.26. The minimum Gasteiger partial charge on any atom is -0.380 e. The lowest BCUT2D eigenvalue weighted by Gasteiger charge is -2.10. The minimum absolute atomic E-state index is 0.0311. The van der Waals surface area contributed by atoms with Crippen LogP contribution in [0.25, 0.3) is 0 Å². The van der Waals surface area contributed by atoms with E-state index in [-0.39, 0.29) is 31.7 Å². The molecule has 0 aliphatic rings. The molecule has 100 valence electrons. The van der Waals surface area contributed by atoms with Crippen LogP contribution in [0.15, 0.2) is 0 Å². The molecule has 0 fully saturated rings. The normalized spacial score (nSPS) is 15.1. The Morgan fingerprint density at radius 1 is 1.35 bits per heavy atom. The second kappa shape index (κ2) is 7.85. The van der Waals surface area contributed by atoms with E-state index in [4.69, 9.17) is 15.7 Å². The highest BCUT2D eigenvalue weighted by Crippen LogP contribution is 2.40.